The van der Waals surface area contributed by atoms with Crippen LogP contribution in [0.4, 0.5) is 4.79 Å². The summed E-state index contributed by atoms with van der Waals surface area (Å²) in [4.78, 5) is 38.2. The van der Waals surface area contributed by atoms with Crippen LogP contribution in [0, 0.1) is 5.92 Å². The van der Waals surface area contributed by atoms with E-state index in [1.54, 1.807) is 17.0 Å². The number of carbonyl (C=O) groups excluding carboxylic acids is 2. The number of nitrogens with one attached hydrogen (secondary N) is 1. The fraction of sp³-hybridized carbons (Fsp3) is 0.656. The monoisotopic (exact) mass is 598 g/mol. The Morgan fingerprint density at radius 2 is 1.79 bits per heavy atom. The summed E-state index contributed by atoms with van der Waals surface area (Å²) in [5, 5.41) is 3.27. The van der Waals surface area contributed by atoms with Gasteiger partial charge in [0.2, 0.25) is 0 Å². The first-order valence-corrected chi connectivity index (χ1v) is 15.6. The van der Waals surface area contributed by atoms with Gasteiger partial charge in [-0.15, -0.1) is 12.4 Å². The van der Waals surface area contributed by atoms with Crippen molar-refractivity contribution >= 4 is 24.3 Å². The van der Waals surface area contributed by atoms with Crippen LogP contribution in [-0.2, 0) is 11.8 Å². The molecule has 0 saturated carbocycles. The van der Waals surface area contributed by atoms with E-state index in [1.807, 2.05) is 25.2 Å². The van der Waals surface area contributed by atoms with Crippen LogP contribution in [-0.4, -0.2) is 92.7 Å². The largest absolute Gasteiger partial charge is 0.381 e. The molecule has 0 radical (unpaired) electrons. The Labute approximate surface area is 256 Å². The minimum Gasteiger partial charge on any atom is -0.381 e. The first-order valence-electron chi connectivity index (χ1n) is 15.6. The number of halogens is 1. The van der Waals surface area contributed by atoms with Gasteiger partial charge in [0.05, 0.1) is 11.6 Å². The highest BCUT2D eigenvalue weighted by Gasteiger charge is 2.57. The molecule has 3 amide bonds. The van der Waals surface area contributed by atoms with Crippen molar-refractivity contribution in [2.24, 2.45) is 13.0 Å². The molecular weight excluding hydrogens is 552 g/mol. The van der Waals surface area contributed by atoms with E-state index >= 15 is 0 Å². The van der Waals surface area contributed by atoms with Crippen molar-refractivity contribution in [2.45, 2.75) is 88.5 Å². The smallest absolute Gasteiger partial charge is 0.320 e. The van der Waals surface area contributed by atoms with E-state index in [4.69, 9.17) is 4.74 Å². The van der Waals surface area contributed by atoms with Gasteiger partial charge in [-0.05, 0) is 70.3 Å². The van der Waals surface area contributed by atoms with Gasteiger partial charge in [0.25, 0.3) is 5.91 Å². The van der Waals surface area contributed by atoms with E-state index < -0.39 is 0 Å². The number of hydrogen-bond acceptors (Lipinski definition) is 5. The van der Waals surface area contributed by atoms with Crippen molar-refractivity contribution in [3.05, 3.63) is 54.1 Å². The maximum absolute atomic E-state index is 13.8. The molecule has 1 N–H and O–H groups in total. The summed E-state index contributed by atoms with van der Waals surface area (Å²) in [6.45, 7) is 8.64. The predicted octanol–water partition coefficient (Wildman–Crippen LogP) is 4.64. The molecule has 230 valence electrons. The average molecular weight is 599 g/mol. The number of aromatic nitrogens is 2. The third-order valence-corrected chi connectivity index (χ3v) is 10.0. The highest BCUT2D eigenvalue weighted by molar-refractivity contribution is 5.91. The zero-order valence-corrected chi connectivity index (χ0v) is 26.1. The van der Waals surface area contributed by atoms with E-state index in [9.17, 15) is 9.59 Å². The standard InChI is InChI=1S/C32H46N6O3.ClH/c1-23(2)38-31(40)36(21-24-12-17-41-18-13-24)22-32(38)19-26-9-10-27(20-32)37(26)15-11-28(25-7-5-4-6-8-25)34-30(39)29-33-14-16-35(29)3;/h4-8,14,16,23-24,26-28H,9-13,15,17-22H2,1-3H3,(H,34,39);1H/t26?,27?,28-,32?;/m0./s1. The molecule has 42 heavy (non-hydrogen) atoms. The van der Waals surface area contributed by atoms with Crippen LogP contribution in [0.25, 0.3) is 0 Å². The summed E-state index contributed by atoms with van der Waals surface area (Å²) in [5.74, 6) is 0.828. The number of carbonyl (C=O) groups is 2. The normalized spacial score (nSPS) is 27.1. The molecule has 0 aliphatic carbocycles. The second-order valence-electron chi connectivity index (χ2n) is 13.0. The maximum atomic E-state index is 13.8. The number of hydrogen-bond donors (Lipinski definition) is 1. The number of ether oxygens (including phenoxy) is 1. The second kappa shape index (κ2) is 12.9. The van der Waals surface area contributed by atoms with Gasteiger partial charge in [-0.2, -0.15) is 0 Å². The Hall–Kier alpha value is -2.62. The molecule has 6 rings (SSSR count). The van der Waals surface area contributed by atoms with Crippen LogP contribution < -0.4 is 5.32 Å². The molecule has 4 fully saturated rings. The lowest BCUT2D eigenvalue weighted by atomic mass is 9.81. The molecule has 1 spiro atoms. The molecule has 2 bridgehead atoms. The molecule has 5 heterocycles. The summed E-state index contributed by atoms with van der Waals surface area (Å²) < 4.78 is 7.34. The van der Waals surface area contributed by atoms with E-state index in [0.29, 0.717) is 23.8 Å². The molecule has 4 aliphatic rings. The van der Waals surface area contributed by atoms with E-state index in [0.717, 1.165) is 70.5 Å². The number of aryl methyl sites for hydroxylation is 1. The van der Waals surface area contributed by atoms with Crippen LogP contribution in [0.15, 0.2) is 42.7 Å². The molecule has 10 heteroatoms. The Bertz CT molecular complexity index is 1200. The molecule has 4 aliphatic heterocycles. The summed E-state index contributed by atoms with van der Waals surface area (Å²) >= 11 is 0. The highest BCUT2D eigenvalue weighted by atomic mass is 35.5. The van der Waals surface area contributed by atoms with Crippen molar-refractivity contribution in [1.29, 1.82) is 0 Å². The average Bonchev–Trinajstić information content (AvgIpc) is 3.59. The Morgan fingerprint density at radius 3 is 2.40 bits per heavy atom. The van der Waals surface area contributed by atoms with Gasteiger partial charge in [0.15, 0.2) is 5.82 Å². The molecule has 3 atom stereocenters. The van der Waals surface area contributed by atoms with Crippen molar-refractivity contribution < 1.29 is 14.3 Å². The minimum absolute atomic E-state index is 0. The minimum atomic E-state index is -0.145. The fourth-order valence-corrected chi connectivity index (χ4v) is 8.20. The van der Waals surface area contributed by atoms with Gasteiger partial charge in [-0.1, -0.05) is 30.3 Å². The van der Waals surface area contributed by atoms with Crippen LogP contribution >= 0.6 is 12.4 Å². The molecule has 2 aromatic rings. The third kappa shape index (κ3) is 6.06. The SMILES string of the molecule is CC(C)N1C(=O)N(CC2CCOCC2)CC12CC1CCC(C2)N1CC[C@H](NC(=O)c1nccn1C)c1ccccc1.Cl. The van der Waals surface area contributed by atoms with E-state index in [2.05, 4.69) is 51.0 Å². The van der Waals surface area contributed by atoms with Crippen LogP contribution in [0.5, 0.6) is 0 Å². The van der Waals surface area contributed by atoms with Gasteiger partial charge < -0.3 is 24.4 Å². The number of piperidine rings is 1. The van der Waals surface area contributed by atoms with Crippen molar-refractivity contribution in [3.8, 4) is 0 Å². The van der Waals surface area contributed by atoms with Crippen molar-refractivity contribution in [3.63, 3.8) is 0 Å². The maximum Gasteiger partial charge on any atom is 0.320 e. The van der Waals surface area contributed by atoms with E-state index in [1.165, 1.54) is 12.8 Å². The number of urea groups is 1. The first kappa shape index (κ1) is 30.8. The Balaban J connectivity index is 0.00000353. The fourth-order valence-electron chi connectivity index (χ4n) is 8.20. The number of imidazole rings is 1. The quantitative estimate of drug-likeness (QED) is 0.455. The van der Waals surface area contributed by atoms with Crippen molar-refractivity contribution in [1.82, 2.24) is 29.6 Å². The second-order valence-corrected chi connectivity index (χ2v) is 13.0. The van der Waals surface area contributed by atoms with Crippen LogP contribution in [0.1, 0.15) is 81.0 Å². The number of benzene rings is 1. The summed E-state index contributed by atoms with van der Waals surface area (Å²) in [5.41, 5.74) is 1.04. The molecule has 1 aromatic heterocycles. The Kier molecular flexibility index (Phi) is 9.50. The predicted molar refractivity (Wildman–Crippen MR) is 165 cm³/mol. The number of nitrogens with zero attached hydrogens (tertiary/aromatic N) is 5. The molecule has 2 unspecified atom stereocenters. The zero-order chi connectivity index (χ0) is 28.6. The summed E-state index contributed by atoms with van der Waals surface area (Å²) in [6, 6.07) is 11.5. The lowest BCUT2D eigenvalue weighted by molar-refractivity contribution is 0.0145. The molecule has 1 aromatic carbocycles. The number of amides is 3. The van der Waals surface area contributed by atoms with Crippen LogP contribution in [0.2, 0.25) is 0 Å². The van der Waals surface area contributed by atoms with Gasteiger partial charge in [-0.25, -0.2) is 9.78 Å². The summed E-state index contributed by atoms with van der Waals surface area (Å²) in [6.07, 6.45) is 10.8. The Morgan fingerprint density at radius 1 is 1.10 bits per heavy atom. The van der Waals surface area contributed by atoms with Gasteiger partial charge in [0.1, 0.15) is 0 Å². The van der Waals surface area contributed by atoms with Gasteiger partial charge in [-0.3, -0.25) is 9.69 Å². The topological polar surface area (TPSA) is 82.9 Å². The van der Waals surface area contributed by atoms with Crippen LogP contribution in [0.3, 0.4) is 0 Å². The van der Waals surface area contributed by atoms with Gasteiger partial charge >= 0.3 is 6.03 Å². The van der Waals surface area contributed by atoms with Gasteiger partial charge in [0, 0.05) is 70.4 Å². The molecule has 9 nitrogen and oxygen atoms in total. The highest BCUT2D eigenvalue weighted by Crippen LogP contribution is 2.48. The summed E-state index contributed by atoms with van der Waals surface area (Å²) in [7, 11) is 1.85. The molecule has 4 saturated heterocycles. The van der Waals surface area contributed by atoms with Crippen molar-refractivity contribution in [2.75, 3.05) is 32.8 Å². The lowest BCUT2D eigenvalue weighted by Crippen LogP contribution is -2.60. The number of rotatable bonds is 9. The molecular formula is C32H47ClN6O3. The third-order valence-electron chi connectivity index (χ3n) is 10.0. The lowest BCUT2D eigenvalue weighted by Gasteiger charge is -2.49. The first-order chi connectivity index (χ1) is 19.8. The van der Waals surface area contributed by atoms with E-state index in [-0.39, 0.29) is 42.0 Å². The zero-order valence-electron chi connectivity index (χ0n) is 25.3. The number of fused-ring (bicyclic) bond motifs is 2.